The van der Waals surface area contributed by atoms with E-state index in [2.05, 4.69) is 16.0 Å². The lowest BCUT2D eigenvalue weighted by Crippen LogP contribution is -2.39. The summed E-state index contributed by atoms with van der Waals surface area (Å²) >= 11 is 0. The van der Waals surface area contributed by atoms with Gasteiger partial charge in [0.25, 0.3) is 0 Å². The Morgan fingerprint density at radius 3 is 2.41 bits per heavy atom. The first-order chi connectivity index (χ1) is 12.9. The average molecular weight is 359 g/mol. The quantitative estimate of drug-likeness (QED) is 0.778. The minimum absolute atomic E-state index is 0.360. The van der Waals surface area contributed by atoms with Crippen molar-refractivity contribution in [2.24, 2.45) is 16.6 Å². The lowest BCUT2D eigenvalue weighted by Gasteiger charge is -2.29. The lowest BCUT2D eigenvalue weighted by atomic mass is 9.87. The molecular weight excluding hydrogens is 338 g/mol. The predicted molar refractivity (Wildman–Crippen MR) is 105 cm³/mol. The number of benzene rings is 2. The van der Waals surface area contributed by atoms with Gasteiger partial charge in [-0.3, -0.25) is 4.79 Å². The van der Waals surface area contributed by atoms with E-state index in [9.17, 15) is 4.79 Å². The molecule has 3 aromatic rings. The fraction of sp³-hybridized carbons (Fsp3) is 0.238. The van der Waals surface area contributed by atoms with Crippen LogP contribution in [0.2, 0.25) is 0 Å². The summed E-state index contributed by atoms with van der Waals surface area (Å²) in [7, 11) is 0. The molecule has 2 heterocycles. The number of hydrogen-bond donors (Lipinski definition) is 1. The van der Waals surface area contributed by atoms with Gasteiger partial charge in [-0.1, -0.05) is 53.6 Å². The van der Waals surface area contributed by atoms with Crippen LogP contribution in [0.1, 0.15) is 29.7 Å². The molecule has 0 fully saturated rings. The van der Waals surface area contributed by atoms with E-state index in [-0.39, 0.29) is 6.04 Å². The average Bonchev–Trinajstić information content (AvgIpc) is 3.03. The first-order valence-electron chi connectivity index (χ1n) is 8.88. The molecule has 136 valence electrons. The molecule has 0 bridgehead atoms. The third kappa shape index (κ3) is 3.03. The van der Waals surface area contributed by atoms with Crippen LogP contribution in [-0.2, 0) is 4.79 Å². The number of rotatable bonds is 3. The zero-order valence-corrected chi connectivity index (χ0v) is 15.5. The molecule has 0 saturated heterocycles. The molecule has 1 aromatic heterocycles. The summed E-state index contributed by atoms with van der Waals surface area (Å²) in [6.07, 6.45) is 0. The van der Waals surface area contributed by atoms with E-state index in [1.807, 2.05) is 63.2 Å². The van der Waals surface area contributed by atoms with Crippen LogP contribution >= 0.6 is 0 Å². The van der Waals surface area contributed by atoms with Crippen molar-refractivity contribution in [1.82, 2.24) is 14.8 Å². The van der Waals surface area contributed by atoms with Crippen LogP contribution in [0, 0.1) is 19.8 Å². The van der Waals surface area contributed by atoms with Gasteiger partial charge in [0.2, 0.25) is 11.9 Å². The second-order valence-corrected chi connectivity index (χ2v) is 7.04. The summed E-state index contributed by atoms with van der Waals surface area (Å²) in [6, 6.07) is 15.7. The van der Waals surface area contributed by atoms with Crippen LogP contribution in [0.5, 0.6) is 0 Å². The van der Waals surface area contributed by atoms with E-state index in [1.165, 1.54) is 0 Å². The summed E-state index contributed by atoms with van der Waals surface area (Å²) in [5, 5.41) is 4.71. The molecule has 2 atom stereocenters. The number of aromatic nitrogens is 3. The largest absolute Gasteiger partial charge is 0.369 e. The van der Waals surface area contributed by atoms with Gasteiger partial charge >= 0.3 is 0 Å². The lowest BCUT2D eigenvalue weighted by molar-refractivity contribution is -0.120. The summed E-state index contributed by atoms with van der Waals surface area (Å²) in [4.78, 5) is 21.4. The van der Waals surface area contributed by atoms with Crippen molar-refractivity contribution in [3.05, 3.63) is 65.2 Å². The topological polar surface area (TPSA) is 86.2 Å². The van der Waals surface area contributed by atoms with Crippen molar-refractivity contribution >= 4 is 17.6 Å². The SMILES string of the molecule is CC1=Nc2nc(-c3cccc(C)c3)nn2C(c2cccc(C)c2)C1C(N)=O. The monoisotopic (exact) mass is 359 g/mol. The Hall–Kier alpha value is -3.28. The van der Waals surface area contributed by atoms with Crippen molar-refractivity contribution in [3.8, 4) is 11.4 Å². The van der Waals surface area contributed by atoms with E-state index >= 15 is 0 Å². The van der Waals surface area contributed by atoms with Gasteiger partial charge in [0, 0.05) is 11.3 Å². The zero-order valence-electron chi connectivity index (χ0n) is 15.5. The van der Waals surface area contributed by atoms with Gasteiger partial charge < -0.3 is 5.73 Å². The third-order valence-electron chi connectivity index (χ3n) is 4.89. The van der Waals surface area contributed by atoms with Crippen molar-refractivity contribution in [2.75, 3.05) is 0 Å². The van der Waals surface area contributed by atoms with Crippen LogP contribution in [0.25, 0.3) is 11.4 Å². The fourth-order valence-corrected chi connectivity index (χ4v) is 3.63. The number of aliphatic imine (C=N–C) groups is 1. The minimum Gasteiger partial charge on any atom is -0.369 e. The molecule has 2 aromatic carbocycles. The number of nitrogens with two attached hydrogens (primary N) is 1. The highest BCUT2D eigenvalue weighted by atomic mass is 16.1. The first-order valence-corrected chi connectivity index (χ1v) is 8.88. The van der Waals surface area contributed by atoms with Gasteiger partial charge in [0.15, 0.2) is 5.82 Å². The van der Waals surface area contributed by atoms with Gasteiger partial charge in [-0.15, -0.1) is 5.10 Å². The van der Waals surface area contributed by atoms with Crippen molar-refractivity contribution in [1.29, 1.82) is 0 Å². The fourth-order valence-electron chi connectivity index (χ4n) is 3.63. The molecule has 0 saturated carbocycles. The standard InChI is InChI=1S/C21H21N5O/c1-12-6-4-8-15(10-12)18-17(19(22)27)14(3)23-21-24-20(25-26(18)21)16-9-5-7-13(2)11-16/h4-11,17-18H,1-3H3,(H2,22,27). The predicted octanol–water partition coefficient (Wildman–Crippen LogP) is 3.36. The number of hydrogen-bond acceptors (Lipinski definition) is 4. The zero-order chi connectivity index (χ0) is 19.1. The number of carbonyl (C=O) groups excluding carboxylic acids is 1. The molecule has 1 amide bonds. The Bertz CT molecular complexity index is 1070. The number of aryl methyl sites for hydroxylation is 2. The number of fused-ring (bicyclic) bond motifs is 1. The van der Waals surface area contributed by atoms with Gasteiger partial charge in [0.05, 0.1) is 6.04 Å². The van der Waals surface area contributed by atoms with Crippen LogP contribution in [0.4, 0.5) is 5.95 Å². The molecule has 4 rings (SSSR count). The molecule has 1 aliphatic rings. The van der Waals surface area contributed by atoms with Crippen molar-refractivity contribution in [3.63, 3.8) is 0 Å². The summed E-state index contributed by atoms with van der Waals surface area (Å²) in [5.74, 6) is 0.105. The molecule has 6 nitrogen and oxygen atoms in total. The highest BCUT2D eigenvalue weighted by Gasteiger charge is 2.38. The Morgan fingerprint density at radius 2 is 1.74 bits per heavy atom. The van der Waals surface area contributed by atoms with Gasteiger partial charge in [-0.2, -0.15) is 4.98 Å². The number of nitrogens with zero attached hydrogens (tertiary/aromatic N) is 4. The molecular formula is C21H21N5O. The molecule has 2 N–H and O–H groups in total. The second-order valence-electron chi connectivity index (χ2n) is 7.04. The molecule has 0 radical (unpaired) electrons. The maximum absolute atomic E-state index is 12.2. The Morgan fingerprint density at radius 1 is 1.04 bits per heavy atom. The normalized spacial score (nSPS) is 18.7. The van der Waals surface area contributed by atoms with Crippen LogP contribution in [0.15, 0.2) is 53.5 Å². The highest BCUT2D eigenvalue weighted by molar-refractivity contribution is 6.04. The Kier molecular flexibility index (Phi) is 4.11. The third-order valence-corrected chi connectivity index (χ3v) is 4.89. The summed E-state index contributed by atoms with van der Waals surface area (Å²) in [6.45, 7) is 5.87. The first kappa shape index (κ1) is 17.1. The van der Waals surface area contributed by atoms with E-state index < -0.39 is 11.8 Å². The second kappa shape index (κ2) is 6.46. The van der Waals surface area contributed by atoms with Gasteiger partial charge in [-0.25, -0.2) is 9.67 Å². The van der Waals surface area contributed by atoms with Crippen LogP contribution in [-0.4, -0.2) is 26.4 Å². The van der Waals surface area contributed by atoms with E-state index in [0.717, 1.165) is 22.3 Å². The maximum atomic E-state index is 12.2. The van der Waals surface area contributed by atoms with Gasteiger partial charge in [-0.05, 0) is 32.4 Å². The van der Waals surface area contributed by atoms with Crippen LogP contribution < -0.4 is 5.73 Å². The number of carbonyl (C=O) groups is 1. The molecule has 27 heavy (non-hydrogen) atoms. The molecule has 0 spiro atoms. The smallest absolute Gasteiger partial charge is 0.248 e. The number of primary amides is 1. The van der Waals surface area contributed by atoms with Gasteiger partial charge in [0.1, 0.15) is 5.92 Å². The Labute approximate surface area is 157 Å². The van der Waals surface area contributed by atoms with Crippen molar-refractivity contribution < 1.29 is 4.79 Å². The summed E-state index contributed by atoms with van der Waals surface area (Å²) < 4.78 is 1.73. The van der Waals surface area contributed by atoms with E-state index in [1.54, 1.807) is 4.68 Å². The minimum atomic E-state index is -0.564. The summed E-state index contributed by atoms with van der Waals surface area (Å²) in [5.41, 5.74) is 10.5. The Balaban J connectivity index is 1.90. The maximum Gasteiger partial charge on any atom is 0.248 e. The number of amides is 1. The van der Waals surface area contributed by atoms with E-state index in [4.69, 9.17) is 10.8 Å². The molecule has 2 unspecified atom stereocenters. The van der Waals surface area contributed by atoms with Crippen molar-refractivity contribution in [2.45, 2.75) is 26.8 Å². The molecule has 1 aliphatic heterocycles. The molecule has 0 aliphatic carbocycles. The van der Waals surface area contributed by atoms with E-state index in [0.29, 0.717) is 17.5 Å². The molecule has 6 heteroatoms. The van der Waals surface area contributed by atoms with Crippen LogP contribution in [0.3, 0.4) is 0 Å². The highest BCUT2D eigenvalue weighted by Crippen LogP contribution is 2.36.